The number of nitrogens with zero attached hydrogens (tertiary/aromatic N) is 3. The highest BCUT2D eigenvalue weighted by Gasteiger charge is 2.44. The number of benzene rings is 2. The summed E-state index contributed by atoms with van der Waals surface area (Å²) in [5.41, 5.74) is 1.52. The second kappa shape index (κ2) is 7.85. The molecule has 1 amide bonds. The molecule has 154 valence electrons. The van der Waals surface area contributed by atoms with Crippen LogP contribution >= 0.6 is 23.4 Å². The third-order valence-electron chi connectivity index (χ3n) is 5.12. The van der Waals surface area contributed by atoms with Crippen molar-refractivity contribution in [1.29, 1.82) is 0 Å². The number of hydrogen-bond donors (Lipinski definition) is 1. The number of amides is 1. The van der Waals surface area contributed by atoms with E-state index in [4.69, 9.17) is 21.1 Å². The average molecular weight is 443 g/mol. The molecule has 1 aromatic heterocycles. The fraction of sp³-hybridized carbons (Fsp3) is 0.286. The maximum Gasteiger partial charge on any atom is 0.251 e. The van der Waals surface area contributed by atoms with Crippen LogP contribution in [0.1, 0.15) is 25.7 Å². The molecule has 5 rings (SSSR count). The van der Waals surface area contributed by atoms with Gasteiger partial charge in [0.2, 0.25) is 5.91 Å². The van der Waals surface area contributed by atoms with Crippen LogP contribution in [0, 0.1) is 0 Å². The molecule has 1 N–H and O–H groups in total. The summed E-state index contributed by atoms with van der Waals surface area (Å²) >= 11 is 7.37. The molecule has 0 unspecified atom stereocenters. The van der Waals surface area contributed by atoms with Crippen LogP contribution in [-0.4, -0.2) is 32.2 Å². The first-order valence-corrected chi connectivity index (χ1v) is 11.1. The second-order valence-electron chi connectivity index (χ2n) is 7.28. The number of nitrogens with one attached hydrogen (secondary N) is 1. The number of halogens is 1. The minimum absolute atomic E-state index is 0.143. The van der Waals surface area contributed by atoms with Gasteiger partial charge in [0.1, 0.15) is 6.33 Å². The number of fused-ring (bicyclic) bond motifs is 1. The summed E-state index contributed by atoms with van der Waals surface area (Å²) in [5, 5.41) is 12.2. The smallest absolute Gasteiger partial charge is 0.251 e. The lowest BCUT2D eigenvalue weighted by molar-refractivity contribution is -0.113. The van der Waals surface area contributed by atoms with E-state index in [2.05, 4.69) is 15.5 Å². The van der Waals surface area contributed by atoms with Gasteiger partial charge in [-0.1, -0.05) is 29.4 Å². The third-order valence-corrected chi connectivity index (χ3v) is 6.30. The lowest BCUT2D eigenvalue weighted by Gasteiger charge is -2.21. The molecule has 3 aromatic rings. The van der Waals surface area contributed by atoms with Gasteiger partial charge in [-0.2, -0.15) is 0 Å². The predicted octanol–water partition coefficient (Wildman–Crippen LogP) is 4.69. The van der Waals surface area contributed by atoms with Crippen molar-refractivity contribution in [3.05, 3.63) is 53.8 Å². The van der Waals surface area contributed by atoms with Crippen molar-refractivity contribution in [3.63, 3.8) is 0 Å². The van der Waals surface area contributed by atoms with Crippen molar-refractivity contribution in [3.8, 4) is 17.2 Å². The summed E-state index contributed by atoms with van der Waals surface area (Å²) in [6, 6.07) is 12.9. The van der Waals surface area contributed by atoms with E-state index in [9.17, 15) is 4.79 Å². The third kappa shape index (κ3) is 3.85. The van der Waals surface area contributed by atoms with Gasteiger partial charge < -0.3 is 14.8 Å². The maximum absolute atomic E-state index is 12.5. The molecule has 1 fully saturated rings. The Hall–Kier alpha value is -2.71. The molecule has 0 saturated heterocycles. The van der Waals surface area contributed by atoms with Gasteiger partial charge in [-0.15, -0.1) is 10.2 Å². The fourth-order valence-electron chi connectivity index (χ4n) is 3.74. The van der Waals surface area contributed by atoms with Gasteiger partial charge >= 0.3 is 0 Å². The summed E-state index contributed by atoms with van der Waals surface area (Å²) in [6.07, 6.45) is 5.60. The topological polar surface area (TPSA) is 78.3 Å². The number of anilines is 1. The fourth-order valence-corrected chi connectivity index (χ4v) is 4.66. The van der Waals surface area contributed by atoms with E-state index in [0.29, 0.717) is 21.6 Å². The number of ether oxygens (including phenoxy) is 2. The highest BCUT2D eigenvalue weighted by atomic mass is 35.5. The molecule has 30 heavy (non-hydrogen) atoms. The van der Waals surface area contributed by atoms with Crippen LogP contribution in [0.3, 0.4) is 0 Å². The predicted molar refractivity (Wildman–Crippen MR) is 115 cm³/mol. The normalized spacial score (nSPS) is 16.2. The first kappa shape index (κ1) is 19.3. The van der Waals surface area contributed by atoms with Crippen molar-refractivity contribution in [2.24, 2.45) is 0 Å². The van der Waals surface area contributed by atoms with Gasteiger partial charge in [0, 0.05) is 29.6 Å². The number of aromatic nitrogens is 3. The number of thioether (sulfide) groups is 1. The monoisotopic (exact) mass is 442 g/mol. The molecule has 2 aromatic carbocycles. The number of rotatable bonds is 5. The van der Waals surface area contributed by atoms with Crippen LogP contribution in [0.15, 0.2) is 53.9 Å². The Bertz CT molecular complexity index is 1100. The molecule has 2 aliphatic rings. The number of hydrogen-bond acceptors (Lipinski definition) is 6. The van der Waals surface area contributed by atoms with Crippen LogP contribution in [0.4, 0.5) is 5.69 Å². The summed E-state index contributed by atoms with van der Waals surface area (Å²) in [6.45, 7) is 0. The van der Waals surface area contributed by atoms with Gasteiger partial charge in [0.15, 0.2) is 16.7 Å². The first-order valence-electron chi connectivity index (χ1n) is 9.71. The average Bonchev–Trinajstić information content (AvgIpc) is 3.46. The van der Waals surface area contributed by atoms with E-state index in [1.54, 1.807) is 17.0 Å². The summed E-state index contributed by atoms with van der Waals surface area (Å²) in [7, 11) is 0. The minimum atomic E-state index is -0.509. The van der Waals surface area contributed by atoms with Crippen LogP contribution in [-0.2, 0) is 4.79 Å². The van der Waals surface area contributed by atoms with Crippen molar-refractivity contribution in [2.75, 3.05) is 11.1 Å². The van der Waals surface area contributed by atoms with Gasteiger partial charge in [-0.25, -0.2) is 0 Å². The zero-order valence-corrected chi connectivity index (χ0v) is 17.6. The molecule has 9 heteroatoms. The molecule has 2 heterocycles. The molecule has 1 aliphatic carbocycles. The molecular formula is C21H19ClN4O3S. The molecule has 0 atom stereocenters. The Labute approximate surface area is 182 Å². The molecule has 1 spiro atoms. The Kier molecular flexibility index (Phi) is 5.04. The highest BCUT2D eigenvalue weighted by molar-refractivity contribution is 7.99. The van der Waals surface area contributed by atoms with E-state index in [0.717, 1.165) is 37.1 Å². The van der Waals surface area contributed by atoms with Crippen molar-refractivity contribution >= 4 is 35.0 Å². The quantitative estimate of drug-likeness (QED) is 0.577. The Morgan fingerprint density at radius 3 is 2.83 bits per heavy atom. The SMILES string of the molecule is O=C(CSc1nncn1-c1cccc(Cl)c1)Nc1ccc2c(c1)OC1(CCCC1)O2. The Morgan fingerprint density at radius 2 is 2.00 bits per heavy atom. The zero-order chi connectivity index (χ0) is 20.6. The summed E-state index contributed by atoms with van der Waals surface area (Å²) < 4.78 is 13.9. The van der Waals surface area contributed by atoms with Gasteiger partial charge in [-0.05, 0) is 43.2 Å². The van der Waals surface area contributed by atoms with Gasteiger partial charge in [-0.3, -0.25) is 9.36 Å². The maximum atomic E-state index is 12.5. The van der Waals surface area contributed by atoms with Gasteiger partial charge in [0.05, 0.1) is 11.4 Å². The minimum Gasteiger partial charge on any atom is -0.448 e. The van der Waals surface area contributed by atoms with Crippen LogP contribution in [0.5, 0.6) is 11.5 Å². The summed E-state index contributed by atoms with van der Waals surface area (Å²) in [5.74, 6) is 0.958. The molecule has 1 aliphatic heterocycles. The lowest BCUT2D eigenvalue weighted by atomic mass is 10.2. The summed E-state index contributed by atoms with van der Waals surface area (Å²) in [4.78, 5) is 12.5. The molecule has 7 nitrogen and oxygen atoms in total. The van der Waals surface area contributed by atoms with Crippen LogP contribution in [0.2, 0.25) is 5.02 Å². The van der Waals surface area contributed by atoms with Crippen molar-refractivity contribution < 1.29 is 14.3 Å². The Balaban J connectivity index is 1.22. The zero-order valence-electron chi connectivity index (χ0n) is 16.0. The van der Waals surface area contributed by atoms with Crippen LogP contribution < -0.4 is 14.8 Å². The first-order chi connectivity index (χ1) is 14.6. The molecule has 0 bridgehead atoms. The van der Waals surface area contributed by atoms with E-state index in [1.165, 1.54) is 11.8 Å². The molecular weight excluding hydrogens is 424 g/mol. The van der Waals surface area contributed by atoms with E-state index >= 15 is 0 Å². The van der Waals surface area contributed by atoms with Crippen molar-refractivity contribution in [2.45, 2.75) is 36.6 Å². The standard InChI is InChI=1S/C21H19ClN4O3S/c22-14-4-3-5-16(10-14)26-13-23-25-20(26)30-12-19(27)24-15-6-7-17-18(11-15)29-21(28-17)8-1-2-9-21/h3-7,10-11,13H,1-2,8-9,12H2,(H,24,27). The Morgan fingerprint density at radius 1 is 1.17 bits per heavy atom. The molecule has 1 saturated carbocycles. The lowest BCUT2D eigenvalue weighted by Crippen LogP contribution is -2.34. The van der Waals surface area contributed by atoms with Gasteiger partial charge in [0.25, 0.3) is 5.79 Å². The van der Waals surface area contributed by atoms with E-state index < -0.39 is 5.79 Å². The van der Waals surface area contributed by atoms with E-state index in [1.807, 2.05) is 36.4 Å². The second-order valence-corrected chi connectivity index (χ2v) is 8.66. The van der Waals surface area contributed by atoms with Crippen molar-refractivity contribution in [1.82, 2.24) is 14.8 Å². The largest absolute Gasteiger partial charge is 0.448 e. The van der Waals surface area contributed by atoms with Crippen LogP contribution in [0.25, 0.3) is 5.69 Å². The number of carbonyl (C=O) groups excluding carboxylic acids is 1. The highest BCUT2D eigenvalue weighted by Crippen LogP contribution is 2.47. The van der Waals surface area contributed by atoms with E-state index in [-0.39, 0.29) is 11.7 Å². The molecule has 0 radical (unpaired) electrons. The number of carbonyl (C=O) groups is 1.